The quantitative estimate of drug-likeness (QED) is 0.667. The Hall–Kier alpha value is -0.530. The molecular formula is C15H24ClN. The van der Waals surface area contributed by atoms with Crippen molar-refractivity contribution in [3.05, 3.63) is 34.9 Å². The van der Waals surface area contributed by atoms with Gasteiger partial charge in [-0.3, -0.25) is 0 Å². The maximum absolute atomic E-state index is 6.05. The summed E-state index contributed by atoms with van der Waals surface area (Å²) in [6.07, 6.45) is 6.56. The number of hydrogen-bond donors (Lipinski definition) is 1. The first kappa shape index (κ1) is 14.5. The zero-order valence-electron chi connectivity index (χ0n) is 11.0. The number of nitrogens with one attached hydrogen (secondary N) is 1. The van der Waals surface area contributed by atoms with Gasteiger partial charge in [-0.25, -0.2) is 0 Å². The van der Waals surface area contributed by atoms with Gasteiger partial charge >= 0.3 is 0 Å². The van der Waals surface area contributed by atoms with Crippen LogP contribution in [0.1, 0.15) is 50.5 Å². The SMILES string of the molecule is CCCCCCC(CNC)c1cccc(Cl)c1. The van der Waals surface area contributed by atoms with E-state index in [1.165, 1.54) is 37.7 Å². The lowest BCUT2D eigenvalue weighted by Crippen LogP contribution is -2.17. The third-order valence-electron chi connectivity index (χ3n) is 3.18. The summed E-state index contributed by atoms with van der Waals surface area (Å²) < 4.78 is 0. The summed E-state index contributed by atoms with van der Waals surface area (Å²) in [5.41, 5.74) is 1.36. The number of rotatable bonds is 8. The van der Waals surface area contributed by atoms with Gasteiger partial charge in [0.25, 0.3) is 0 Å². The van der Waals surface area contributed by atoms with Gasteiger partial charge in [-0.2, -0.15) is 0 Å². The molecular weight excluding hydrogens is 230 g/mol. The lowest BCUT2D eigenvalue weighted by atomic mass is 9.93. The first-order valence-electron chi connectivity index (χ1n) is 6.68. The Morgan fingerprint density at radius 1 is 1.24 bits per heavy atom. The second-order valence-electron chi connectivity index (χ2n) is 4.66. The van der Waals surface area contributed by atoms with Crippen LogP contribution in [-0.4, -0.2) is 13.6 Å². The van der Waals surface area contributed by atoms with Crippen LogP contribution in [-0.2, 0) is 0 Å². The van der Waals surface area contributed by atoms with Crippen molar-refractivity contribution in [3.8, 4) is 0 Å². The van der Waals surface area contributed by atoms with Crippen molar-refractivity contribution < 1.29 is 0 Å². The molecule has 0 saturated heterocycles. The molecule has 0 aromatic heterocycles. The molecule has 0 bridgehead atoms. The predicted octanol–water partition coefficient (Wildman–Crippen LogP) is 4.61. The Morgan fingerprint density at radius 2 is 2.06 bits per heavy atom. The summed E-state index contributed by atoms with van der Waals surface area (Å²) in [5, 5.41) is 4.13. The molecule has 1 atom stereocenters. The molecule has 0 aliphatic rings. The van der Waals surface area contributed by atoms with Crippen molar-refractivity contribution in [2.24, 2.45) is 0 Å². The molecule has 96 valence electrons. The van der Waals surface area contributed by atoms with Crippen LogP contribution in [0.25, 0.3) is 0 Å². The molecule has 1 rings (SSSR count). The fourth-order valence-corrected chi connectivity index (χ4v) is 2.41. The number of likely N-dealkylation sites (N-methyl/N-ethyl adjacent to an activating group) is 1. The van der Waals surface area contributed by atoms with Crippen LogP contribution < -0.4 is 5.32 Å². The van der Waals surface area contributed by atoms with Crippen LogP contribution >= 0.6 is 11.6 Å². The summed E-state index contributed by atoms with van der Waals surface area (Å²) in [4.78, 5) is 0. The maximum atomic E-state index is 6.05. The fourth-order valence-electron chi connectivity index (χ4n) is 2.21. The molecule has 0 amide bonds. The van der Waals surface area contributed by atoms with Crippen LogP contribution in [0.3, 0.4) is 0 Å². The summed E-state index contributed by atoms with van der Waals surface area (Å²) in [5.74, 6) is 0.593. The van der Waals surface area contributed by atoms with Crippen molar-refractivity contribution in [2.45, 2.75) is 44.9 Å². The summed E-state index contributed by atoms with van der Waals surface area (Å²) in [6.45, 7) is 3.29. The van der Waals surface area contributed by atoms with E-state index in [4.69, 9.17) is 11.6 Å². The van der Waals surface area contributed by atoms with Gasteiger partial charge in [0.05, 0.1) is 0 Å². The van der Waals surface area contributed by atoms with E-state index in [1.807, 2.05) is 19.2 Å². The van der Waals surface area contributed by atoms with E-state index in [-0.39, 0.29) is 0 Å². The monoisotopic (exact) mass is 253 g/mol. The van der Waals surface area contributed by atoms with Crippen molar-refractivity contribution in [2.75, 3.05) is 13.6 Å². The van der Waals surface area contributed by atoms with E-state index < -0.39 is 0 Å². The van der Waals surface area contributed by atoms with Crippen LogP contribution in [0.5, 0.6) is 0 Å². The average molecular weight is 254 g/mol. The van der Waals surface area contributed by atoms with E-state index in [0.29, 0.717) is 5.92 Å². The Labute approximate surface area is 111 Å². The summed E-state index contributed by atoms with van der Waals surface area (Å²) in [7, 11) is 2.02. The third kappa shape index (κ3) is 5.56. The molecule has 2 heteroatoms. The van der Waals surface area contributed by atoms with Crippen LogP contribution in [0.15, 0.2) is 24.3 Å². The van der Waals surface area contributed by atoms with Gasteiger partial charge in [-0.15, -0.1) is 0 Å². The van der Waals surface area contributed by atoms with E-state index in [1.54, 1.807) is 0 Å². The summed E-state index contributed by atoms with van der Waals surface area (Å²) >= 11 is 6.05. The highest BCUT2D eigenvalue weighted by Gasteiger charge is 2.10. The third-order valence-corrected chi connectivity index (χ3v) is 3.41. The first-order chi connectivity index (χ1) is 8.27. The maximum Gasteiger partial charge on any atom is 0.0408 e. The highest BCUT2D eigenvalue weighted by molar-refractivity contribution is 6.30. The highest BCUT2D eigenvalue weighted by atomic mass is 35.5. The minimum atomic E-state index is 0.593. The van der Waals surface area contributed by atoms with Gasteiger partial charge in [0.2, 0.25) is 0 Å². The topological polar surface area (TPSA) is 12.0 Å². The van der Waals surface area contributed by atoms with Gasteiger partial charge < -0.3 is 5.32 Å². The second kappa shape index (κ2) is 8.54. The lowest BCUT2D eigenvalue weighted by molar-refractivity contribution is 0.533. The Bertz CT molecular complexity index is 312. The number of hydrogen-bond acceptors (Lipinski definition) is 1. The van der Waals surface area contributed by atoms with E-state index >= 15 is 0 Å². The fraction of sp³-hybridized carbons (Fsp3) is 0.600. The molecule has 0 saturated carbocycles. The van der Waals surface area contributed by atoms with Gasteiger partial charge in [0.1, 0.15) is 0 Å². The summed E-state index contributed by atoms with van der Waals surface area (Å²) in [6, 6.07) is 8.28. The average Bonchev–Trinajstić information content (AvgIpc) is 2.33. The highest BCUT2D eigenvalue weighted by Crippen LogP contribution is 2.24. The predicted molar refractivity (Wildman–Crippen MR) is 76.9 cm³/mol. The molecule has 0 aliphatic heterocycles. The number of unbranched alkanes of at least 4 members (excludes halogenated alkanes) is 3. The zero-order valence-corrected chi connectivity index (χ0v) is 11.8. The van der Waals surface area contributed by atoms with Crippen LogP contribution in [0, 0.1) is 0 Å². The largest absolute Gasteiger partial charge is 0.319 e. The number of halogens is 1. The Kier molecular flexibility index (Phi) is 7.30. The van der Waals surface area contributed by atoms with Gasteiger partial charge in [-0.05, 0) is 37.1 Å². The number of benzene rings is 1. The molecule has 0 aliphatic carbocycles. The Balaban J connectivity index is 2.52. The molecule has 1 aromatic rings. The Morgan fingerprint density at radius 3 is 2.71 bits per heavy atom. The van der Waals surface area contributed by atoms with Crippen molar-refractivity contribution in [1.82, 2.24) is 5.32 Å². The minimum Gasteiger partial charge on any atom is -0.319 e. The van der Waals surface area contributed by atoms with Gasteiger partial charge in [-0.1, -0.05) is 56.3 Å². The van der Waals surface area contributed by atoms with Crippen molar-refractivity contribution in [3.63, 3.8) is 0 Å². The van der Waals surface area contributed by atoms with Gasteiger partial charge in [0, 0.05) is 11.6 Å². The lowest BCUT2D eigenvalue weighted by Gasteiger charge is -2.17. The van der Waals surface area contributed by atoms with Gasteiger partial charge in [0.15, 0.2) is 0 Å². The molecule has 0 heterocycles. The first-order valence-corrected chi connectivity index (χ1v) is 7.05. The molecule has 1 nitrogen and oxygen atoms in total. The second-order valence-corrected chi connectivity index (χ2v) is 5.10. The molecule has 17 heavy (non-hydrogen) atoms. The molecule has 0 radical (unpaired) electrons. The minimum absolute atomic E-state index is 0.593. The van der Waals surface area contributed by atoms with Crippen molar-refractivity contribution >= 4 is 11.6 Å². The smallest absolute Gasteiger partial charge is 0.0408 e. The van der Waals surface area contributed by atoms with E-state index in [0.717, 1.165) is 11.6 Å². The standard InChI is InChI=1S/C15H24ClN/c1-3-4-5-6-8-14(12-17-2)13-9-7-10-15(16)11-13/h7,9-11,14,17H,3-6,8,12H2,1-2H3. The van der Waals surface area contributed by atoms with Crippen LogP contribution in [0.2, 0.25) is 5.02 Å². The zero-order chi connectivity index (χ0) is 12.5. The van der Waals surface area contributed by atoms with Crippen molar-refractivity contribution in [1.29, 1.82) is 0 Å². The molecule has 1 unspecified atom stereocenters. The molecule has 1 N–H and O–H groups in total. The normalized spacial score (nSPS) is 12.6. The molecule has 1 aromatic carbocycles. The van der Waals surface area contributed by atoms with E-state index in [2.05, 4.69) is 24.4 Å². The molecule has 0 fully saturated rings. The van der Waals surface area contributed by atoms with Crippen LogP contribution in [0.4, 0.5) is 0 Å². The van der Waals surface area contributed by atoms with E-state index in [9.17, 15) is 0 Å². The molecule has 0 spiro atoms.